The van der Waals surface area contributed by atoms with E-state index >= 15 is 0 Å². The van der Waals surface area contributed by atoms with Gasteiger partial charge in [-0.15, -0.1) is 0 Å². The van der Waals surface area contributed by atoms with Crippen molar-refractivity contribution >= 4 is 28.8 Å². The number of aliphatic hydroxyl groups excluding tert-OH is 1. The van der Waals surface area contributed by atoms with Gasteiger partial charge in [0.15, 0.2) is 5.82 Å². The summed E-state index contributed by atoms with van der Waals surface area (Å²) in [6.45, 7) is 0.183. The molecule has 0 bridgehead atoms. The monoisotopic (exact) mass is 489 g/mol. The van der Waals surface area contributed by atoms with E-state index in [0.717, 1.165) is 16.9 Å². The molecular weight excluding hydrogens is 471 g/mol. The molecule has 4 N–H and O–H groups in total. The smallest absolute Gasteiger partial charge is 0.388 e. The van der Waals surface area contributed by atoms with Crippen LogP contribution in [-0.2, 0) is 6.18 Å². The Labute approximate surface area is 197 Å². The largest absolute Gasteiger partial charge is 0.418 e. The standard InChI is InChI=1S/C23H19ClF3N5O2/c24-16-6-4-13(5-7-16)19(33)8-9-29-22(34)15-3-1-2-14(10-15)18-11-17(23(25,26)27)20-21(28)30-12-31-32(18)20/h1-7,10-12,19,33H,8-9H2,(H,29,34)(H2,28,30,31)/t19-/m0/s1. The fraction of sp³-hybridized carbons (Fsp3) is 0.174. The van der Waals surface area contributed by atoms with Crippen molar-refractivity contribution in [1.29, 1.82) is 0 Å². The van der Waals surface area contributed by atoms with Gasteiger partial charge in [0.2, 0.25) is 0 Å². The van der Waals surface area contributed by atoms with Crippen LogP contribution in [0.4, 0.5) is 19.0 Å². The number of nitrogens with one attached hydrogen (secondary N) is 1. The van der Waals surface area contributed by atoms with Gasteiger partial charge in [-0.2, -0.15) is 18.3 Å². The second kappa shape index (κ2) is 9.32. The molecule has 1 atom stereocenters. The number of hydrogen-bond donors (Lipinski definition) is 3. The van der Waals surface area contributed by atoms with Crippen molar-refractivity contribution in [2.24, 2.45) is 0 Å². The highest BCUT2D eigenvalue weighted by molar-refractivity contribution is 6.30. The van der Waals surface area contributed by atoms with Gasteiger partial charge in [-0.25, -0.2) is 9.50 Å². The Morgan fingerprint density at radius 2 is 1.91 bits per heavy atom. The van der Waals surface area contributed by atoms with Gasteiger partial charge in [-0.3, -0.25) is 4.79 Å². The number of aromatic nitrogens is 3. The summed E-state index contributed by atoms with van der Waals surface area (Å²) in [5.74, 6) is -0.738. The van der Waals surface area contributed by atoms with Crippen LogP contribution in [0.15, 0.2) is 60.9 Å². The van der Waals surface area contributed by atoms with Crippen molar-refractivity contribution in [2.45, 2.75) is 18.7 Å². The number of amides is 1. The Morgan fingerprint density at radius 3 is 2.62 bits per heavy atom. The number of alkyl halides is 3. The maximum atomic E-state index is 13.6. The Kier molecular flexibility index (Phi) is 6.45. The Bertz CT molecular complexity index is 1340. The van der Waals surface area contributed by atoms with Gasteiger partial charge in [0.1, 0.15) is 11.8 Å². The Morgan fingerprint density at radius 1 is 1.18 bits per heavy atom. The molecule has 0 unspecified atom stereocenters. The molecule has 0 radical (unpaired) electrons. The average molecular weight is 490 g/mol. The number of hydrogen-bond acceptors (Lipinski definition) is 5. The van der Waals surface area contributed by atoms with E-state index in [2.05, 4.69) is 15.4 Å². The molecule has 0 aliphatic carbocycles. The molecule has 0 fully saturated rings. The van der Waals surface area contributed by atoms with E-state index in [1.54, 1.807) is 36.4 Å². The fourth-order valence-corrected chi connectivity index (χ4v) is 3.71. The molecule has 0 aliphatic rings. The zero-order valence-electron chi connectivity index (χ0n) is 17.6. The van der Waals surface area contributed by atoms with Gasteiger partial charge in [0.25, 0.3) is 5.91 Å². The van der Waals surface area contributed by atoms with Crippen LogP contribution in [0.5, 0.6) is 0 Å². The zero-order valence-corrected chi connectivity index (χ0v) is 18.3. The van der Waals surface area contributed by atoms with E-state index in [4.69, 9.17) is 17.3 Å². The summed E-state index contributed by atoms with van der Waals surface area (Å²) >= 11 is 5.84. The summed E-state index contributed by atoms with van der Waals surface area (Å²) in [5.41, 5.74) is 5.74. The number of rotatable bonds is 6. The average Bonchev–Trinajstić information content (AvgIpc) is 3.21. The first-order valence-electron chi connectivity index (χ1n) is 10.2. The Balaban J connectivity index is 1.53. The molecule has 1 amide bonds. The van der Waals surface area contributed by atoms with Crippen LogP contribution in [0, 0.1) is 0 Å². The normalized spacial score (nSPS) is 12.6. The lowest BCUT2D eigenvalue weighted by atomic mass is 10.1. The number of halogens is 4. The van der Waals surface area contributed by atoms with E-state index < -0.39 is 23.8 Å². The third-order valence-electron chi connectivity index (χ3n) is 5.27. The maximum Gasteiger partial charge on any atom is 0.418 e. The number of aliphatic hydroxyl groups is 1. The number of nitrogen functional groups attached to an aromatic ring is 1. The highest BCUT2D eigenvalue weighted by atomic mass is 35.5. The first-order valence-corrected chi connectivity index (χ1v) is 10.5. The molecule has 11 heteroatoms. The predicted octanol–water partition coefficient (Wildman–Crippen LogP) is 4.50. The van der Waals surface area contributed by atoms with E-state index in [9.17, 15) is 23.1 Å². The van der Waals surface area contributed by atoms with Crippen molar-refractivity contribution in [3.05, 3.63) is 82.6 Å². The molecular formula is C23H19ClF3N5O2. The second-order valence-corrected chi connectivity index (χ2v) is 7.98. The molecule has 2 heterocycles. The van der Waals surface area contributed by atoms with Crippen molar-refractivity contribution < 1.29 is 23.1 Å². The molecule has 0 saturated heterocycles. The number of benzene rings is 2. The molecule has 0 spiro atoms. The van der Waals surface area contributed by atoms with Crippen LogP contribution in [-0.4, -0.2) is 32.2 Å². The summed E-state index contributed by atoms with van der Waals surface area (Å²) < 4.78 is 41.8. The molecule has 34 heavy (non-hydrogen) atoms. The van der Waals surface area contributed by atoms with Gasteiger partial charge >= 0.3 is 6.18 Å². The molecule has 2 aromatic heterocycles. The van der Waals surface area contributed by atoms with Gasteiger partial charge in [0, 0.05) is 22.7 Å². The van der Waals surface area contributed by atoms with Crippen LogP contribution in [0.3, 0.4) is 0 Å². The first kappa shape index (κ1) is 23.5. The lowest BCUT2D eigenvalue weighted by Crippen LogP contribution is -2.25. The van der Waals surface area contributed by atoms with Crippen molar-refractivity contribution in [2.75, 3.05) is 12.3 Å². The number of anilines is 1. The zero-order chi connectivity index (χ0) is 24.5. The van der Waals surface area contributed by atoms with Gasteiger partial charge in [-0.05, 0) is 42.3 Å². The molecule has 4 aromatic rings. The minimum absolute atomic E-state index is 0.115. The number of carbonyl (C=O) groups excluding carboxylic acids is 1. The van der Waals surface area contributed by atoms with Gasteiger partial charge < -0.3 is 16.2 Å². The first-order chi connectivity index (χ1) is 16.1. The molecule has 0 aliphatic heterocycles. The summed E-state index contributed by atoms with van der Waals surface area (Å²) in [5, 5.41) is 17.4. The van der Waals surface area contributed by atoms with E-state index in [0.29, 0.717) is 16.1 Å². The molecule has 7 nitrogen and oxygen atoms in total. The van der Waals surface area contributed by atoms with E-state index in [-0.39, 0.29) is 35.6 Å². The topological polar surface area (TPSA) is 106 Å². The Hall–Kier alpha value is -3.63. The van der Waals surface area contributed by atoms with Crippen LogP contribution >= 0.6 is 11.6 Å². The van der Waals surface area contributed by atoms with Gasteiger partial charge in [0.05, 0.1) is 17.4 Å². The lowest BCUT2D eigenvalue weighted by molar-refractivity contribution is -0.136. The minimum Gasteiger partial charge on any atom is -0.388 e. The molecule has 4 rings (SSSR count). The fourth-order valence-electron chi connectivity index (χ4n) is 3.59. The molecule has 0 saturated carbocycles. The highest BCUT2D eigenvalue weighted by Crippen LogP contribution is 2.38. The van der Waals surface area contributed by atoms with Crippen LogP contribution < -0.4 is 11.1 Å². The third-order valence-corrected chi connectivity index (χ3v) is 5.52. The number of nitrogens with zero attached hydrogens (tertiary/aromatic N) is 3. The highest BCUT2D eigenvalue weighted by Gasteiger charge is 2.36. The van der Waals surface area contributed by atoms with E-state index in [1.807, 2.05) is 0 Å². The summed E-state index contributed by atoms with van der Waals surface area (Å²) in [4.78, 5) is 16.3. The van der Waals surface area contributed by atoms with Crippen molar-refractivity contribution in [1.82, 2.24) is 19.9 Å². The van der Waals surface area contributed by atoms with Gasteiger partial charge in [-0.1, -0.05) is 35.9 Å². The van der Waals surface area contributed by atoms with Crippen LogP contribution in [0.2, 0.25) is 5.02 Å². The van der Waals surface area contributed by atoms with Crippen LogP contribution in [0.1, 0.15) is 34.0 Å². The number of fused-ring (bicyclic) bond motifs is 1. The SMILES string of the molecule is Nc1ncnn2c(-c3cccc(C(=O)NCC[C@H](O)c4ccc(Cl)cc4)c3)cc(C(F)(F)F)c12. The lowest BCUT2D eigenvalue weighted by Gasteiger charge is -2.12. The third kappa shape index (κ3) is 4.82. The summed E-state index contributed by atoms with van der Waals surface area (Å²) in [7, 11) is 0. The van der Waals surface area contributed by atoms with Crippen LogP contribution in [0.25, 0.3) is 16.8 Å². The maximum absolute atomic E-state index is 13.6. The van der Waals surface area contributed by atoms with Crippen molar-refractivity contribution in [3.63, 3.8) is 0 Å². The quantitative estimate of drug-likeness (QED) is 0.370. The second-order valence-electron chi connectivity index (χ2n) is 7.54. The predicted molar refractivity (Wildman–Crippen MR) is 121 cm³/mol. The number of nitrogens with two attached hydrogens (primary N) is 1. The van der Waals surface area contributed by atoms with Crippen molar-refractivity contribution in [3.8, 4) is 11.3 Å². The summed E-state index contributed by atoms with van der Waals surface area (Å²) in [6.07, 6.45) is -4.12. The summed E-state index contributed by atoms with van der Waals surface area (Å²) in [6, 6.07) is 13.8. The molecule has 2 aromatic carbocycles. The number of carbonyl (C=O) groups is 1. The molecule has 176 valence electrons. The van der Waals surface area contributed by atoms with E-state index in [1.165, 1.54) is 12.1 Å². The minimum atomic E-state index is -4.66.